The molecule has 9 rings (SSSR count). The van der Waals surface area contributed by atoms with Crippen molar-refractivity contribution >= 4 is 23.3 Å². The van der Waals surface area contributed by atoms with Crippen LogP contribution in [0.15, 0.2) is 54.9 Å². The first-order valence-electron chi connectivity index (χ1n) is 16.4. The molecule has 3 saturated heterocycles. The van der Waals surface area contributed by atoms with Crippen LogP contribution < -0.4 is 10.6 Å². The number of nitrogens with zero attached hydrogens (tertiary/aromatic N) is 8. The predicted molar refractivity (Wildman–Crippen MR) is 172 cm³/mol. The first-order chi connectivity index (χ1) is 22.6. The number of carbonyl (C=O) groups excluding carboxylic acids is 1. The number of ether oxygens (including phenoxy) is 1. The number of amides is 1. The highest BCUT2D eigenvalue weighted by atomic mass is 16.5. The minimum absolute atomic E-state index is 0.0622. The molecule has 0 spiro atoms. The van der Waals surface area contributed by atoms with Gasteiger partial charge in [-0.15, -0.1) is 5.10 Å². The number of hydrogen-bond acceptors (Lipinski definition) is 9. The third-order valence-electron chi connectivity index (χ3n) is 10.2. The lowest BCUT2D eigenvalue weighted by molar-refractivity contribution is 0.0557. The predicted octanol–water partition coefficient (Wildman–Crippen LogP) is 4.42. The van der Waals surface area contributed by atoms with Crippen LogP contribution in [0.25, 0.3) is 28.0 Å². The second kappa shape index (κ2) is 10.9. The number of piperidine rings is 1. The van der Waals surface area contributed by atoms with E-state index in [1.165, 1.54) is 0 Å². The van der Waals surface area contributed by atoms with E-state index in [4.69, 9.17) is 25.5 Å². The molecule has 3 N–H and O–H groups in total. The van der Waals surface area contributed by atoms with Gasteiger partial charge in [0.1, 0.15) is 5.82 Å². The molecule has 12 heteroatoms. The zero-order valence-electron chi connectivity index (χ0n) is 25.5. The number of carbonyl (C=O) groups is 1. The summed E-state index contributed by atoms with van der Waals surface area (Å²) in [6, 6.07) is 14.5. The van der Waals surface area contributed by atoms with Crippen molar-refractivity contribution in [2.75, 3.05) is 36.9 Å². The molecule has 3 aliphatic heterocycles. The molecular formula is C34H36N10O2. The van der Waals surface area contributed by atoms with Crippen LogP contribution in [0.4, 0.5) is 11.8 Å². The third-order valence-corrected chi connectivity index (χ3v) is 10.2. The second-order valence-corrected chi connectivity index (χ2v) is 13.0. The maximum Gasteiger partial charge on any atom is 0.291 e. The summed E-state index contributed by atoms with van der Waals surface area (Å²) in [5.41, 5.74) is 13.8. The van der Waals surface area contributed by atoms with Crippen molar-refractivity contribution in [1.29, 1.82) is 0 Å². The molecule has 234 valence electrons. The van der Waals surface area contributed by atoms with E-state index >= 15 is 0 Å². The molecule has 4 fully saturated rings. The summed E-state index contributed by atoms with van der Waals surface area (Å²) >= 11 is 0. The Balaban J connectivity index is 1.01. The maximum absolute atomic E-state index is 13.8. The quantitative estimate of drug-likeness (QED) is 0.283. The van der Waals surface area contributed by atoms with E-state index in [1.54, 1.807) is 4.52 Å². The molecule has 1 amide bonds. The molecule has 7 heterocycles. The van der Waals surface area contributed by atoms with E-state index in [1.807, 2.05) is 36.7 Å². The van der Waals surface area contributed by atoms with E-state index in [9.17, 15) is 4.79 Å². The Labute approximate surface area is 266 Å². The second-order valence-electron chi connectivity index (χ2n) is 13.0. The van der Waals surface area contributed by atoms with Gasteiger partial charge in [-0.2, -0.15) is 14.6 Å². The summed E-state index contributed by atoms with van der Waals surface area (Å²) in [5.74, 6) is 2.13. The van der Waals surface area contributed by atoms with Crippen LogP contribution in [-0.2, 0) is 4.74 Å². The Morgan fingerprint density at radius 2 is 1.67 bits per heavy atom. The van der Waals surface area contributed by atoms with Gasteiger partial charge in [-0.3, -0.25) is 14.9 Å². The molecule has 2 bridgehead atoms. The third kappa shape index (κ3) is 4.61. The van der Waals surface area contributed by atoms with E-state index in [-0.39, 0.29) is 23.9 Å². The van der Waals surface area contributed by atoms with Crippen LogP contribution in [0.2, 0.25) is 0 Å². The maximum atomic E-state index is 13.8. The standard InChI is InChI=1S/C34H36N10O2/c35-30-28(21-6-7-21)29(38-32-26(19-37-44(30)32)22-8-11-27(36-18-22)20-4-2-1-3-5-20)23-16-24-9-10-25(17-23)43(24)33(45)31-39-34(41-40-31)42-12-14-46-15-13-42/h1-5,8,11,18-19,21,23-25H,6-7,9-10,12-17,35H2,(H,39,40,41)/t23?,24-,25+. The van der Waals surface area contributed by atoms with Gasteiger partial charge in [0.15, 0.2) is 5.65 Å². The number of morpholine rings is 1. The van der Waals surface area contributed by atoms with Crippen molar-refractivity contribution in [3.63, 3.8) is 0 Å². The molecule has 46 heavy (non-hydrogen) atoms. The fourth-order valence-corrected chi connectivity index (χ4v) is 7.79. The monoisotopic (exact) mass is 616 g/mol. The zero-order valence-corrected chi connectivity index (χ0v) is 25.5. The lowest BCUT2D eigenvalue weighted by atomic mass is 9.85. The number of hydrogen-bond donors (Lipinski definition) is 2. The van der Waals surface area contributed by atoms with Gasteiger partial charge in [-0.25, -0.2) is 4.98 Å². The van der Waals surface area contributed by atoms with Gasteiger partial charge in [-0.1, -0.05) is 36.4 Å². The van der Waals surface area contributed by atoms with Crippen LogP contribution in [0.5, 0.6) is 0 Å². The van der Waals surface area contributed by atoms with Gasteiger partial charge in [-0.05, 0) is 50.5 Å². The minimum Gasteiger partial charge on any atom is -0.383 e. The van der Waals surface area contributed by atoms with Gasteiger partial charge in [0.05, 0.1) is 30.8 Å². The number of H-pyrrole nitrogens is 1. The summed E-state index contributed by atoms with van der Waals surface area (Å²) in [4.78, 5) is 32.6. The molecule has 1 aromatic carbocycles. The fourth-order valence-electron chi connectivity index (χ4n) is 7.79. The summed E-state index contributed by atoms with van der Waals surface area (Å²) in [6.07, 6.45) is 9.64. The fraction of sp³-hybridized carbons (Fsp3) is 0.412. The van der Waals surface area contributed by atoms with Crippen LogP contribution in [0, 0.1) is 0 Å². The molecular weight excluding hydrogens is 580 g/mol. The number of pyridine rings is 1. The van der Waals surface area contributed by atoms with Gasteiger partial charge >= 0.3 is 0 Å². The molecule has 3 atom stereocenters. The van der Waals surface area contributed by atoms with Crippen molar-refractivity contribution in [2.45, 2.75) is 62.4 Å². The first-order valence-corrected chi connectivity index (χ1v) is 16.4. The van der Waals surface area contributed by atoms with Crippen LogP contribution >= 0.6 is 0 Å². The highest BCUT2D eigenvalue weighted by Gasteiger charge is 2.46. The summed E-state index contributed by atoms with van der Waals surface area (Å²) in [5, 5.41) is 12.0. The highest BCUT2D eigenvalue weighted by molar-refractivity contribution is 5.91. The van der Waals surface area contributed by atoms with Crippen LogP contribution in [0.1, 0.15) is 72.2 Å². The van der Waals surface area contributed by atoms with Crippen LogP contribution in [-0.4, -0.2) is 84.0 Å². The number of aromatic amines is 1. The molecule has 1 saturated carbocycles. The largest absolute Gasteiger partial charge is 0.383 e. The molecule has 1 aliphatic carbocycles. The molecule has 0 radical (unpaired) electrons. The van der Waals surface area contributed by atoms with Crippen LogP contribution in [0.3, 0.4) is 0 Å². The number of aromatic nitrogens is 7. The number of rotatable bonds is 6. The number of fused-ring (bicyclic) bond motifs is 3. The highest BCUT2D eigenvalue weighted by Crippen LogP contribution is 2.50. The van der Waals surface area contributed by atoms with E-state index in [2.05, 4.69) is 43.2 Å². The van der Waals surface area contributed by atoms with Crippen molar-refractivity contribution in [3.8, 4) is 22.4 Å². The summed E-state index contributed by atoms with van der Waals surface area (Å²) in [6.45, 7) is 2.72. The molecule has 5 aromatic rings. The van der Waals surface area contributed by atoms with Crippen molar-refractivity contribution in [1.82, 2.24) is 39.7 Å². The number of nitrogen functional groups attached to an aromatic ring is 1. The Kier molecular flexibility index (Phi) is 6.51. The van der Waals surface area contributed by atoms with Crippen molar-refractivity contribution in [3.05, 3.63) is 71.9 Å². The Bertz CT molecular complexity index is 1900. The lowest BCUT2D eigenvalue weighted by Crippen LogP contribution is -2.46. The SMILES string of the molecule is Nc1c(C2CC2)c(C2C[C@H]3CC[C@@H](C2)N3C(=O)c2nc(N3CCOCC3)n[nH]2)nc2c(-c3ccc(-c4ccccc4)nc3)cnn12. The Morgan fingerprint density at radius 1 is 0.891 bits per heavy atom. The normalized spacial score (nSPS) is 22.9. The van der Waals surface area contributed by atoms with Gasteiger partial charge in [0.2, 0.25) is 11.8 Å². The minimum atomic E-state index is -0.0622. The lowest BCUT2D eigenvalue weighted by Gasteiger charge is -2.39. The van der Waals surface area contributed by atoms with Gasteiger partial charge < -0.3 is 20.3 Å². The van der Waals surface area contributed by atoms with Crippen molar-refractivity contribution in [2.24, 2.45) is 0 Å². The summed E-state index contributed by atoms with van der Waals surface area (Å²) < 4.78 is 7.26. The zero-order chi connectivity index (χ0) is 30.8. The summed E-state index contributed by atoms with van der Waals surface area (Å²) in [7, 11) is 0. The number of nitrogens with two attached hydrogens (primary N) is 1. The number of nitrogens with one attached hydrogen (secondary N) is 1. The molecule has 4 aromatic heterocycles. The Morgan fingerprint density at radius 3 is 2.39 bits per heavy atom. The average Bonchev–Trinajstić information content (AvgIpc) is 3.53. The van der Waals surface area contributed by atoms with Gasteiger partial charge in [0.25, 0.3) is 5.91 Å². The smallest absolute Gasteiger partial charge is 0.291 e. The first kappa shape index (κ1) is 27.5. The van der Waals surface area contributed by atoms with E-state index in [0.717, 1.165) is 90.9 Å². The van der Waals surface area contributed by atoms with Gasteiger partial charge in [0, 0.05) is 59.5 Å². The molecule has 12 nitrogen and oxygen atoms in total. The van der Waals surface area contributed by atoms with E-state index in [0.29, 0.717) is 36.7 Å². The number of benzene rings is 1. The molecule has 1 unspecified atom stereocenters. The Hall–Kier alpha value is -4.84. The topological polar surface area (TPSA) is 143 Å². The number of anilines is 2. The van der Waals surface area contributed by atoms with Crippen molar-refractivity contribution < 1.29 is 9.53 Å². The van der Waals surface area contributed by atoms with E-state index < -0.39 is 0 Å². The molecule has 4 aliphatic rings. The average molecular weight is 617 g/mol.